The van der Waals surface area contributed by atoms with Crippen molar-refractivity contribution in [1.29, 1.82) is 0 Å². The van der Waals surface area contributed by atoms with Crippen LogP contribution in [-0.4, -0.2) is 24.3 Å². The molecule has 4 heteroatoms. The van der Waals surface area contributed by atoms with Crippen molar-refractivity contribution in [2.75, 3.05) is 7.11 Å². The summed E-state index contributed by atoms with van der Waals surface area (Å²) in [7, 11) is 1.52. The molecule has 0 radical (unpaired) electrons. The molecule has 108 valence electrons. The molecule has 1 atom stereocenters. The topological polar surface area (TPSA) is 55.8 Å². The molecular formula is C17H16O4. The fourth-order valence-corrected chi connectivity index (χ4v) is 2.67. The second-order valence-electron chi connectivity index (χ2n) is 5.17. The summed E-state index contributed by atoms with van der Waals surface area (Å²) >= 11 is 0. The van der Waals surface area contributed by atoms with Crippen LogP contribution in [0.5, 0.6) is 11.5 Å². The van der Waals surface area contributed by atoms with Crippen LogP contribution in [0.2, 0.25) is 0 Å². The minimum atomic E-state index is -0.964. The zero-order valence-corrected chi connectivity index (χ0v) is 11.9. The SMILES string of the molecule is COc1ccc(-c2ccc3c(c2)CC(C)O3)c(C(=O)O)c1. The molecule has 0 bridgehead atoms. The third-order valence-electron chi connectivity index (χ3n) is 3.66. The Balaban J connectivity index is 2.09. The van der Waals surface area contributed by atoms with Gasteiger partial charge in [0.25, 0.3) is 0 Å². The van der Waals surface area contributed by atoms with Gasteiger partial charge in [0, 0.05) is 6.42 Å². The van der Waals surface area contributed by atoms with Crippen LogP contribution in [-0.2, 0) is 6.42 Å². The largest absolute Gasteiger partial charge is 0.497 e. The second-order valence-corrected chi connectivity index (χ2v) is 5.17. The Morgan fingerprint density at radius 1 is 1.29 bits per heavy atom. The highest BCUT2D eigenvalue weighted by Crippen LogP contribution is 2.34. The first-order chi connectivity index (χ1) is 10.1. The predicted octanol–water partition coefficient (Wildman–Crippen LogP) is 3.38. The highest BCUT2D eigenvalue weighted by molar-refractivity contribution is 5.96. The molecule has 0 saturated carbocycles. The molecule has 1 aliphatic heterocycles. The monoisotopic (exact) mass is 284 g/mol. The number of rotatable bonds is 3. The lowest BCUT2D eigenvalue weighted by Crippen LogP contribution is -2.05. The smallest absolute Gasteiger partial charge is 0.336 e. The summed E-state index contributed by atoms with van der Waals surface area (Å²) in [5, 5.41) is 9.40. The average Bonchev–Trinajstić information content (AvgIpc) is 2.85. The maximum Gasteiger partial charge on any atom is 0.336 e. The van der Waals surface area contributed by atoms with Gasteiger partial charge >= 0.3 is 5.97 Å². The molecule has 0 amide bonds. The Kier molecular flexibility index (Phi) is 3.29. The van der Waals surface area contributed by atoms with Crippen LogP contribution in [0, 0.1) is 0 Å². The van der Waals surface area contributed by atoms with E-state index in [0.29, 0.717) is 11.3 Å². The highest BCUT2D eigenvalue weighted by atomic mass is 16.5. The van der Waals surface area contributed by atoms with Crippen LogP contribution < -0.4 is 9.47 Å². The first kappa shape index (κ1) is 13.5. The number of carboxylic acids is 1. The summed E-state index contributed by atoms with van der Waals surface area (Å²) in [5.74, 6) is 0.458. The summed E-state index contributed by atoms with van der Waals surface area (Å²) in [4.78, 5) is 11.5. The van der Waals surface area contributed by atoms with Gasteiger partial charge in [-0.15, -0.1) is 0 Å². The lowest BCUT2D eigenvalue weighted by molar-refractivity contribution is 0.0697. The van der Waals surface area contributed by atoms with Crippen molar-refractivity contribution in [1.82, 2.24) is 0 Å². The van der Waals surface area contributed by atoms with E-state index in [2.05, 4.69) is 0 Å². The fraction of sp³-hybridized carbons (Fsp3) is 0.235. The Labute approximate surface area is 122 Å². The van der Waals surface area contributed by atoms with Gasteiger partial charge in [-0.3, -0.25) is 0 Å². The quantitative estimate of drug-likeness (QED) is 0.938. The summed E-state index contributed by atoms with van der Waals surface area (Å²) in [5.41, 5.74) is 2.92. The Morgan fingerprint density at radius 3 is 2.81 bits per heavy atom. The second kappa shape index (κ2) is 5.13. The number of ether oxygens (including phenoxy) is 2. The Morgan fingerprint density at radius 2 is 2.10 bits per heavy atom. The van der Waals surface area contributed by atoms with E-state index in [1.807, 2.05) is 25.1 Å². The molecule has 3 rings (SSSR count). The van der Waals surface area contributed by atoms with Gasteiger partial charge in [-0.2, -0.15) is 0 Å². The van der Waals surface area contributed by atoms with E-state index in [9.17, 15) is 9.90 Å². The standard InChI is InChI=1S/C17H16O4/c1-10-7-12-8-11(3-6-16(12)21-10)14-5-4-13(20-2)9-15(14)17(18)19/h3-6,8-10H,7H2,1-2H3,(H,18,19). The highest BCUT2D eigenvalue weighted by Gasteiger charge is 2.20. The van der Waals surface area contributed by atoms with Gasteiger partial charge in [0.1, 0.15) is 17.6 Å². The summed E-state index contributed by atoms with van der Waals surface area (Å²) in [6.07, 6.45) is 1.02. The average molecular weight is 284 g/mol. The first-order valence-electron chi connectivity index (χ1n) is 6.80. The molecule has 2 aromatic rings. The molecule has 1 heterocycles. The van der Waals surface area contributed by atoms with Crippen molar-refractivity contribution in [2.24, 2.45) is 0 Å². The van der Waals surface area contributed by atoms with Crippen molar-refractivity contribution in [3.05, 3.63) is 47.5 Å². The van der Waals surface area contributed by atoms with Gasteiger partial charge in [-0.25, -0.2) is 4.79 Å². The van der Waals surface area contributed by atoms with Crippen LogP contribution in [0.1, 0.15) is 22.8 Å². The Bertz CT molecular complexity index is 706. The number of fused-ring (bicyclic) bond motifs is 1. The van der Waals surface area contributed by atoms with E-state index in [-0.39, 0.29) is 11.7 Å². The molecule has 1 N–H and O–H groups in total. The van der Waals surface area contributed by atoms with Crippen LogP contribution in [0.15, 0.2) is 36.4 Å². The molecular weight excluding hydrogens is 268 g/mol. The maximum atomic E-state index is 11.5. The van der Waals surface area contributed by atoms with E-state index < -0.39 is 5.97 Å². The lowest BCUT2D eigenvalue weighted by Gasteiger charge is -2.10. The molecule has 2 aromatic carbocycles. The number of carbonyl (C=O) groups is 1. The zero-order chi connectivity index (χ0) is 15.0. The van der Waals surface area contributed by atoms with Crippen molar-refractivity contribution in [3.63, 3.8) is 0 Å². The first-order valence-corrected chi connectivity index (χ1v) is 6.80. The molecule has 0 spiro atoms. The number of benzene rings is 2. The lowest BCUT2D eigenvalue weighted by atomic mass is 9.97. The summed E-state index contributed by atoms with van der Waals surface area (Å²) in [6.45, 7) is 2.02. The molecule has 21 heavy (non-hydrogen) atoms. The van der Waals surface area contributed by atoms with E-state index in [1.54, 1.807) is 18.2 Å². The third-order valence-corrected chi connectivity index (χ3v) is 3.66. The molecule has 0 aromatic heterocycles. The summed E-state index contributed by atoms with van der Waals surface area (Å²) < 4.78 is 10.8. The van der Waals surface area contributed by atoms with Gasteiger partial charge in [-0.1, -0.05) is 6.07 Å². The van der Waals surface area contributed by atoms with E-state index in [1.165, 1.54) is 7.11 Å². The summed E-state index contributed by atoms with van der Waals surface area (Å²) in [6, 6.07) is 10.9. The Hall–Kier alpha value is -2.49. The van der Waals surface area contributed by atoms with Crippen molar-refractivity contribution in [3.8, 4) is 22.6 Å². The molecule has 4 nitrogen and oxygen atoms in total. The fourth-order valence-electron chi connectivity index (χ4n) is 2.67. The number of aromatic carboxylic acids is 1. The number of hydrogen-bond acceptors (Lipinski definition) is 3. The number of methoxy groups -OCH3 is 1. The molecule has 1 unspecified atom stereocenters. The van der Waals surface area contributed by atoms with Gasteiger partial charge in [0.2, 0.25) is 0 Å². The van der Waals surface area contributed by atoms with Crippen LogP contribution in [0.4, 0.5) is 0 Å². The normalized spacial score (nSPS) is 16.2. The van der Waals surface area contributed by atoms with Crippen molar-refractivity contribution >= 4 is 5.97 Å². The van der Waals surface area contributed by atoms with Gasteiger partial charge in [-0.05, 0) is 53.9 Å². The van der Waals surface area contributed by atoms with Crippen molar-refractivity contribution in [2.45, 2.75) is 19.4 Å². The zero-order valence-electron chi connectivity index (χ0n) is 11.9. The van der Waals surface area contributed by atoms with Gasteiger partial charge in [0.05, 0.1) is 12.7 Å². The van der Waals surface area contributed by atoms with E-state index >= 15 is 0 Å². The van der Waals surface area contributed by atoms with E-state index in [4.69, 9.17) is 9.47 Å². The van der Waals surface area contributed by atoms with Crippen LogP contribution in [0.25, 0.3) is 11.1 Å². The predicted molar refractivity (Wildman–Crippen MR) is 79.2 cm³/mol. The third kappa shape index (κ3) is 2.44. The number of carboxylic acid groups (broad SMARTS) is 1. The molecule has 0 fully saturated rings. The minimum Gasteiger partial charge on any atom is -0.497 e. The van der Waals surface area contributed by atoms with E-state index in [0.717, 1.165) is 23.3 Å². The van der Waals surface area contributed by atoms with Gasteiger partial charge < -0.3 is 14.6 Å². The van der Waals surface area contributed by atoms with Gasteiger partial charge in [0.15, 0.2) is 0 Å². The minimum absolute atomic E-state index is 0.171. The molecule has 1 aliphatic rings. The van der Waals surface area contributed by atoms with Crippen LogP contribution in [0.3, 0.4) is 0 Å². The maximum absolute atomic E-state index is 11.5. The van der Waals surface area contributed by atoms with Crippen LogP contribution >= 0.6 is 0 Å². The molecule has 0 aliphatic carbocycles. The number of hydrogen-bond donors (Lipinski definition) is 1. The van der Waals surface area contributed by atoms with Crippen molar-refractivity contribution < 1.29 is 19.4 Å². The molecule has 0 saturated heterocycles.